The highest BCUT2D eigenvalue weighted by Crippen LogP contribution is 2.26. The summed E-state index contributed by atoms with van der Waals surface area (Å²) in [6, 6.07) is 16.1. The van der Waals surface area contributed by atoms with Crippen molar-refractivity contribution in [1.82, 2.24) is 14.9 Å². The van der Waals surface area contributed by atoms with Crippen molar-refractivity contribution in [3.63, 3.8) is 0 Å². The molecule has 0 bridgehead atoms. The van der Waals surface area contributed by atoms with Gasteiger partial charge in [-0.05, 0) is 23.8 Å². The Morgan fingerprint density at radius 2 is 1.88 bits per heavy atom. The zero-order valence-corrected chi connectivity index (χ0v) is 14.8. The minimum Gasteiger partial charge on any atom is -0.497 e. The number of aromatic nitrogens is 2. The van der Waals surface area contributed by atoms with Gasteiger partial charge >= 0.3 is 0 Å². The third-order valence-electron chi connectivity index (χ3n) is 4.23. The Labute approximate surface area is 148 Å². The molecule has 1 N–H and O–H groups in total. The number of nitrogens with zero attached hydrogens (tertiary/aromatic N) is 2. The SMILES string of the molecule is COc1ccc(OC)c(CN[C@H](c2ccccc2)c2nccn2C)c1. The highest BCUT2D eigenvalue weighted by molar-refractivity contribution is 5.40. The van der Waals surface area contributed by atoms with Crippen molar-refractivity contribution in [3.8, 4) is 11.5 Å². The minimum absolute atomic E-state index is 0.0166. The summed E-state index contributed by atoms with van der Waals surface area (Å²) in [5.41, 5.74) is 2.20. The van der Waals surface area contributed by atoms with Gasteiger partial charge in [-0.1, -0.05) is 30.3 Å². The predicted molar refractivity (Wildman–Crippen MR) is 97.9 cm³/mol. The standard InChI is InChI=1S/C20H23N3O2/c1-23-12-11-21-20(23)19(15-7-5-4-6-8-15)22-14-16-13-17(24-2)9-10-18(16)25-3/h4-13,19,22H,14H2,1-3H3/t19-/m1/s1. The van der Waals surface area contributed by atoms with Crippen LogP contribution >= 0.6 is 0 Å². The fourth-order valence-electron chi connectivity index (χ4n) is 2.89. The number of aryl methyl sites for hydroxylation is 1. The maximum atomic E-state index is 5.48. The number of nitrogens with one attached hydrogen (secondary N) is 1. The van der Waals surface area contributed by atoms with Crippen molar-refractivity contribution in [2.75, 3.05) is 14.2 Å². The van der Waals surface area contributed by atoms with Crippen LogP contribution in [0.25, 0.3) is 0 Å². The van der Waals surface area contributed by atoms with Crippen LogP contribution in [0.2, 0.25) is 0 Å². The predicted octanol–water partition coefficient (Wildman–Crippen LogP) is 3.32. The molecule has 0 aliphatic rings. The molecule has 1 aromatic heterocycles. The van der Waals surface area contributed by atoms with Gasteiger partial charge in [0.15, 0.2) is 0 Å². The van der Waals surface area contributed by atoms with Gasteiger partial charge in [-0.2, -0.15) is 0 Å². The van der Waals surface area contributed by atoms with E-state index < -0.39 is 0 Å². The maximum absolute atomic E-state index is 5.48. The van der Waals surface area contributed by atoms with Crippen LogP contribution in [0.5, 0.6) is 11.5 Å². The molecule has 5 heteroatoms. The van der Waals surface area contributed by atoms with E-state index in [1.165, 1.54) is 5.56 Å². The monoisotopic (exact) mass is 337 g/mol. The quantitative estimate of drug-likeness (QED) is 0.718. The lowest BCUT2D eigenvalue weighted by molar-refractivity contribution is 0.395. The number of methoxy groups -OCH3 is 2. The molecule has 3 aromatic rings. The second-order valence-electron chi connectivity index (χ2n) is 5.80. The number of benzene rings is 2. The molecular weight excluding hydrogens is 314 g/mol. The first kappa shape index (κ1) is 17.0. The summed E-state index contributed by atoms with van der Waals surface area (Å²) in [4.78, 5) is 4.53. The second-order valence-corrected chi connectivity index (χ2v) is 5.80. The number of rotatable bonds is 7. The first-order valence-electron chi connectivity index (χ1n) is 8.19. The fraction of sp³-hybridized carbons (Fsp3) is 0.250. The van der Waals surface area contributed by atoms with Crippen molar-refractivity contribution in [2.24, 2.45) is 7.05 Å². The van der Waals surface area contributed by atoms with Gasteiger partial charge < -0.3 is 14.0 Å². The lowest BCUT2D eigenvalue weighted by atomic mass is 10.1. The summed E-state index contributed by atoms with van der Waals surface area (Å²) >= 11 is 0. The van der Waals surface area contributed by atoms with Crippen LogP contribution in [0.3, 0.4) is 0 Å². The molecule has 1 heterocycles. The van der Waals surface area contributed by atoms with E-state index in [0.717, 1.165) is 22.9 Å². The zero-order chi connectivity index (χ0) is 17.6. The van der Waals surface area contributed by atoms with Crippen molar-refractivity contribution in [2.45, 2.75) is 12.6 Å². The fourth-order valence-corrected chi connectivity index (χ4v) is 2.89. The number of ether oxygens (including phenoxy) is 2. The Bertz CT molecular complexity index is 815. The normalized spacial score (nSPS) is 12.0. The van der Waals surface area contributed by atoms with Gasteiger partial charge in [0.05, 0.1) is 20.3 Å². The van der Waals surface area contributed by atoms with E-state index >= 15 is 0 Å². The Hall–Kier alpha value is -2.79. The third-order valence-corrected chi connectivity index (χ3v) is 4.23. The average molecular weight is 337 g/mol. The zero-order valence-electron chi connectivity index (χ0n) is 14.8. The molecule has 130 valence electrons. The van der Waals surface area contributed by atoms with E-state index in [-0.39, 0.29) is 6.04 Å². The third kappa shape index (κ3) is 3.83. The Morgan fingerprint density at radius 1 is 1.08 bits per heavy atom. The van der Waals surface area contributed by atoms with E-state index in [9.17, 15) is 0 Å². The summed E-state index contributed by atoms with van der Waals surface area (Å²) in [6.45, 7) is 0.632. The van der Waals surface area contributed by atoms with Crippen molar-refractivity contribution in [1.29, 1.82) is 0 Å². The largest absolute Gasteiger partial charge is 0.497 e. The number of hydrogen-bond donors (Lipinski definition) is 1. The van der Waals surface area contributed by atoms with Crippen molar-refractivity contribution >= 4 is 0 Å². The Kier molecular flexibility index (Phi) is 5.36. The molecule has 0 unspecified atom stereocenters. The van der Waals surface area contributed by atoms with Crippen LogP contribution < -0.4 is 14.8 Å². The molecule has 25 heavy (non-hydrogen) atoms. The molecule has 0 saturated carbocycles. The van der Waals surface area contributed by atoms with Crippen LogP contribution in [-0.4, -0.2) is 23.8 Å². The molecule has 3 rings (SSSR count). The van der Waals surface area contributed by atoms with Gasteiger partial charge in [0, 0.05) is 31.5 Å². The van der Waals surface area contributed by atoms with Crippen LogP contribution in [0, 0.1) is 0 Å². The summed E-state index contributed by atoms with van der Waals surface area (Å²) in [5, 5.41) is 3.60. The van der Waals surface area contributed by atoms with Gasteiger partial charge in [-0.15, -0.1) is 0 Å². The van der Waals surface area contributed by atoms with E-state index in [2.05, 4.69) is 22.4 Å². The topological polar surface area (TPSA) is 48.3 Å². The average Bonchev–Trinajstić information content (AvgIpc) is 3.08. The van der Waals surface area contributed by atoms with E-state index in [1.807, 2.05) is 60.4 Å². The lowest BCUT2D eigenvalue weighted by Crippen LogP contribution is -2.25. The van der Waals surface area contributed by atoms with Gasteiger partial charge in [0.25, 0.3) is 0 Å². The van der Waals surface area contributed by atoms with Crippen LogP contribution in [0.1, 0.15) is 23.0 Å². The summed E-state index contributed by atoms with van der Waals surface area (Å²) in [7, 11) is 5.35. The molecule has 0 radical (unpaired) electrons. The van der Waals surface area contributed by atoms with Crippen LogP contribution in [0.15, 0.2) is 60.9 Å². The van der Waals surface area contributed by atoms with Crippen LogP contribution in [0.4, 0.5) is 0 Å². The second kappa shape index (κ2) is 7.85. The molecule has 0 saturated heterocycles. The molecule has 0 amide bonds. The summed E-state index contributed by atoms with van der Waals surface area (Å²) < 4.78 is 12.9. The summed E-state index contributed by atoms with van der Waals surface area (Å²) in [6.07, 6.45) is 3.78. The Morgan fingerprint density at radius 3 is 2.52 bits per heavy atom. The summed E-state index contributed by atoms with van der Waals surface area (Å²) in [5.74, 6) is 2.61. The highest BCUT2D eigenvalue weighted by atomic mass is 16.5. The van der Waals surface area contributed by atoms with Gasteiger partial charge in [-0.25, -0.2) is 4.98 Å². The van der Waals surface area contributed by atoms with Gasteiger partial charge in [0.2, 0.25) is 0 Å². The highest BCUT2D eigenvalue weighted by Gasteiger charge is 2.18. The number of imidazole rings is 1. The lowest BCUT2D eigenvalue weighted by Gasteiger charge is -2.20. The van der Waals surface area contributed by atoms with Gasteiger partial charge in [-0.3, -0.25) is 5.32 Å². The first-order valence-corrected chi connectivity index (χ1v) is 8.19. The Balaban J connectivity index is 1.88. The molecule has 1 atom stereocenters. The molecule has 5 nitrogen and oxygen atoms in total. The minimum atomic E-state index is -0.0166. The molecule has 0 aliphatic carbocycles. The molecule has 0 spiro atoms. The number of hydrogen-bond acceptors (Lipinski definition) is 4. The molecule has 0 fully saturated rings. The van der Waals surface area contributed by atoms with E-state index in [1.54, 1.807) is 14.2 Å². The van der Waals surface area contributed by atoms with Crippen molar-refractivity contribution in [3.05, 3.63) is 77.9 Å². The van der Waals surface area contributed by atoms with E-state index in [4.69, 9.17) is 9.47 Å². The molecule has 0 aliphatic heterocycles. The van der Waals surface area contributed by atoms with E-state index in [0.29, 0.717) is 6.54 Å². The van der Waals surface area contributed by atoms with Crippen molar-refractivity contribution < 1.29 is 9.47 Å². The smallest absolute Gasteiger partial charge is 0.130 e. The molecule has 2 aromatic carbocycles. The van der Waals surface area contributed by atoms with Gasteiger partial charge in [0.1, 0.15) is 17.3 Å². The molecular formula is C20H23N3O2. The van der Waals surface area contributed by atoms with Crippen LogP contribution in [-0.2, 0) is 13.6 Å². The first-order chi connectivity index (χ1) is 12.2. The maximum Gasteiger partial charge on any atom is 0.130 e.